The summed E-state index contributed by atoms with van der Waals surface area (Å²) < 4.78 is 5.04. The molecule has 0 spiro atoms. The van der Waals surface area contributed by atoms with E-state index in [-0.39, 0.29) is 23.6 Å². The molecule has 6 nitrogen and oxygen atoms in total. The van der Waals surface area contributed by atoms with Gasteiger partial charge < -0.3 is 20.0 Å². The van der Waals surface area contributed by atoms with E-state index in [1.54, 1.807) is 19.1 Å². The van der Waals surface area contributed by atoms with E-state index in [4.69, 9.17) is 4.42 Å². The van der Waals surface area contributed by atoms with Crippen LogP contribution >= 0.6 is 0 Å². The quantitative estimate of drug-likeness (QED) is 0.874. The Kier molecular flexibility index (Phi) is 5.38. The SMILES string of the molecule is CC(NC(=O)c1ccco1)C(=O)NC1CCCN(c2ccccc2)C1. The van der Waals surface area contributed by atoms with Crippen LogP contribution in [0.3, 0.4) is 0 Å². The van der Waals surface area contributed by atoms with Gasteiger partial charge in [-0.3, -0.25) is 9.59 Å². The van der Waals surface area contributed by atoms with Gasteiger partial charge in [0.2, 0.25) is 5.91 Å². The molecule has 1 saturated heterocycles. The van der Waals surface area contributed by atoms with Crippen molar-refractivity contribution < 1.29 is 14.0 Å². The van der Waals surface area contributed by atoms with Crippen LogP contribution in [0.25, 0.3) is 0 Å². The number of piperidine rings is 1. The van der Waals surface area contributed by atoms with E-state index < -0.39 is 6.04 Å². The van der Waals surface area contributed by atoms with E-state index in [0.717, 1.165) is 25.9 Å². The predicted molar refractivity (Wildman–Crippen MR) is 95.5 cm³/mol. The van der Waals surface area contributed by atoms with Crippen molar-refractivity contribution in [1.82, 2.24) is 10.6 Å². The molecule has 1 aromatic heterocycles. The highest BCUT2D eigenvalue weighted by Crippen LogP contribution is 2.19. The average Bonchev–Trinajstić information content (AvgIpc) is 3.17. The van der Waals surface area contributed by atoms with E-state index in [1.807, 2.05) is 18.2 Å². The van der Waals surface area contributed by atoms with Crippen LogP contribution in [0.2, 0.25) is 0 Å². The third-order valence-corrected chi connectivity index (χ3v) is 4.37. The van der Waals surface area contributed by atoms with Gasteiger partial charge >= 0.3 is 0 Å². The number of nitrogens with one attached hydrogen (secondary N) is 2. The molecule has 3 rings (SSSR count). The Labute approximate surface area is 147 Å². The topological polar surface area (TPSA) is 74.6 Å². The smallest absolute Gasteiger partial charge is 0.287 e. The minimum Gasteiger partial charge on any atom is -0.459 e. The summed E-state index contributed by atoms with van der Waals surface area (Å²) in [5, 5.41) is 5.70. The second-order valence-electron chi connectivity index (χ2n) is 6.30. The maximum absolute atomic E-state index is 12.4. The molecule has 0 radical (unpaired) electrons. The highest BCUT2D eigenvalue weighted by atomic mass is 16.3. The lowest BCUT2D eigenvalue weighted by Gasteiger charge is -2.35. The number of amides is 2. The van der Waals surface area contributed by atoms with Gasteiger partial charge in [0.05, 0.1) is 6.26 Å². The third-order valence-electron chi connectivity index (χ3n) is 4.37. The Morgan fingerprint density at radius 2 is 2.00 bits per heavy atom. The van der Waals surface area contributed by atoms with Crippen LogP contribution in [-0.4, -0.2) is 37.0 Å². The van der Waals surface area contributed by atoms with Gasteiger partial charge in [0, 0.05) is 24.8 Å². The largest absolute Gasteiger partial charge is 0.459 e. The zero-order valence-corrected chi connectivity index (χ0v) is 14.3. The summed E-state index contributed by atoms with van der Waals surface area (Å²) in [5.41, 5.74) is 1.17. The van der Waals surface area contributed by atoms with Crippen molar-refractivity contribution in [2.75, 3.05) is 18.0 Å². The van der Waals surface area contributed by atoms with Gasteiger partial charge in [-0.2, -0.15) is 0 Å². The first-order valence-corrected chi connectivity index (χ1v) is 8.58. The molecule has 2 unspecified atom stereocenters. The number of nitrogens with zero attached hydrogens (tertiary/aromatic N) is 1. The van der Waals surface area contributed by atoms with Gasteiger partial charge in [0.1, 0.15) is 6.04 Å². The van der Waals surface area contributed by atoms with E-state index in [2.05, 4.69) is 27.7 Å². The van der Waals surface area contributed by atoms with Crippen LogP contribution in [0.4, 0.5) is 5.69 Å². The second-order valence-corrected chi connectivity index (χ2v) is 6.30. The zero-order chi connectivity index (χ0) is 17.6. The second kappa shape index (κ2) is 7.88. The number of hydrogen-bond acceptors (Lipinski definition) is 4. The van der Waals surface area contributed by atoms with E-state index in [0.29, 0.717) is 0 Å². The molecule has 1 aliphatic heterocycles. The molecule has 1 aliphatic rings. The molecule has 2 atom stereocenters. The van der Waals surface area contributed by atoms with Crippen molar-refractivity contribution in [2.24, 2.45) is 0 Å². The van der Waals surface area contributed by atoms with Gasteiger partial charge in [-0.25, -0.2) is 0 Å². The molecule has 25 heavy (non-hydrogen) atoms. The van der Waals surface area contributed by atoms with Gasteiger partial charge in [0.25, 0.3) is 5.91 Å². The van der Waals surface area contributed by atoms with Crippen LogP contribution in [0.15, 0.2) is 53.1 Å². The van der Waals surface area contributed by atoms with E-state index in [1.165, 1.54) is 12.0 Å². The Hall–Kier alpha value is -2.76. The number of hydrogen-bond donors (Lipinski definition) is 2. The summed E-state index contributed by atoms with van der Waals surface area (Å²) >= 11 is 0. The first-order chi connectivity index (χ1) is 12.1. The minimum absolute atomic E-state index is 0.0735. The van der Waals surface area contributed by atoms with E-state index >= 15 is 0 Å². The molecule has 0 aliphatic carbocycles. The van der Waals surface area contributed by atoms with Crippen LogP contribution in [-0.2, 0) is 4.79 Å². The molecule has 0 bridgehead atoms. The Bertz CT molecular complexity index is 700. The lowest BCUT2D eigenvalue weighted by Crippen LogP contribution is -2.53. The molecule has 6 heteroatoms. The molecule has 132 valence electrons. The van der Waals surface area contributed by atoms with Crippen molar-refractivity contribution in [3.63, 3.8) is 0 Å². The standard InChI is InChI=1S/C19H23N3O3/c1-14(20-19(24)17-10-6-12-25-17)18(23)21-15-7-5-11-22(13-15)16-8-3-2-4-9-16/h2-4,6,8-10,12,14-15H,5,7,11,13H2,1H3,(H,20,24)(H,21,23). The normalized spacial score (nSPS) is 18.4. The minimum atomic E-state index is -0.621. The van der Waals surface area contributed by atoms with Crippen LogP contribution in [0.1, 0.15) is 30.3 Å². The maximum Gasteiger partial charge on any atom is 0.287 e. The third kappa shape index (κ3) is 4.41. The lowest BCUT2D eigenvalue weighted by molar-refractivity contribution is -0.123. The summed E-state index contributed by atoms with van der Waals surface area (Å²) in [6, 6.07) is 12.9. The van der Waals surface area contributed by atoms with Crippen molar-refractivity contribution in [3.05, 3.63) is 54.5 Å². The fourth-order valence-electron chi connectivity index (χ4n) is 3.04. The molecule has 2 N–H and O–H groups in total. The predicted octanol–water partition coefficient (Wildman–Crippen LogP) is 2.18. The summed E-state index contributed by atoms with van der Waals surface area (Å²) in [7, 11) is 0. The summed E-state index contributed by atoms with van der Waals surface area (Å²) in [4.78, 5) is 26.6. The van der Waals surface area contributed by atoms with Crippen LogP contribution in [0.5, 0.6) is 0 Å². The number of anilines is 1. The van der Waals surface area contributed by atoms with Gasteiger partial charge in [-0.1, -0.05) is 18.2 Å². The van der Waals surface area contributed by atoms with Crippen LogP contribution < -0.4 is 15.5 Å². The highest BCUT2D eigenvalue weighted by Gasteiger charge is 2.24. The van der Waals surface area contributed by atoms with Crippen molar-refractivity contribution in [1.29, 1.82) is 0 Å². The molecule has 1 fully saturated rings. The maximum atomic E-state index is 12.4. The number of rotatable bonds is 5. The molecule has 2 amide bonds. The van der Waals surface area contributed by atoms with Gasteiger partial charge in [0.15, 0.2) is 5.76 Å². The first kappa shape index (κ1) is 17.1. The summed E-state index contributed by atoms with van der Waals surface area (Å²) in [5.74, 6) is -0.366. The number of furan rings is 1. The molecule has 0 saturated carbocycles. The number of benzene rings is 1. The monoisotopic (exact) mass is 341 g/mol. The molecule has 2 heterocycles. The van der Waals surface area contributed by atoms with Gasteiger partial charge in [-0.15, -0.1) is 0 Å². The fourth-order valence-corrected chi connectivity index (χ4v) is 3.04. The Balaban J connectivity index is 1.52. The van der Waals surface area contributed by atoms with Crippen molar-refractivity contribution >= 4 is 17.5 Å². The highest BCUT2D eigenvalue weighted by molar-refractivity contribution is 5.95. The van der Waals surface area contributed by atoms with E-state index in [9.17, 15) is 9.59 Å². The lowest BCUT2D eigenvalue weighted by atomic mass is 10.0. The fraction of sp³-hybridized carbons (Fsp3) is 0.368. The van der Waals surface area contributed by atoms with Crippen LogP contribution in [0, 0.1) is 0 Å². The number of para-hydroxylation sites is 1. The van der Waals surface area contributed by atoms with Gasteiger partial charge in [-0.05, 0) is 44.0 Å². The van der Waals surface area contributed by atoms with Crippen molar-refractivity contribution in [2.45, 2.75) is 31.8 Å². The molecular weight excluding hydrogens is 318 g/mol. The molecule has 1 aromatic carbocycles. The van der Waals surface area contributed by atoms with Crippen molar-refractivity contribution in [3.8, 4) is 0 Å². The Morgan fingerprint density at radius 3 is 2.72 bits per heavy atom. The molecule has 2 aromatic rings. The molecular formula is C19H23N3O3. The number of carbonyl (C=O) groups is 2. The summed E-state index contributed by atoms with van der Waals surface area (Å²) in [6.07, 6.45) is 3.39. The Morgan fingerprint density at radius 1 is 1.20 bits per heavy atom. The summed E-state index contributed by atoms with van der Waals surface area (Å²) in [6.45, 7) is 3.43. The number of carbonyl (C=O) groups excluding carboxylic acids is 2. The average molecular weight is 341 g/mol. The zero-order valence-electron chi connectivity index (χ0n) is 14.3. The first-order valence-electron chi connectivity index (χ1n) is 8.58.